The van der Waals surface area contributed by atoms with E-state index < -0.39 is 0 Å². The minimum atomic E-state index is -0.209. The third kappa shape index (κ3) is 4.09. The molecule has 41 heavy (non-hydrogen) atoms. The molecule has 5 nitrogen and oxygen atoms in total. The number of methoxy groups -OCH3 is 1. The van der Waals surface area contributed by atoms with Crippen LogP contribution < -0.4 is 19.1 Å². The summed E-state index contributed by atoms with van der Waals surface area (Å²) < 4.78 is 18.3. The third-order valence-corrected chi connectivity index (χ3v) is 9.06. The summed E-state index contributed by atoms with van der Waals surface area (Å²) in [6.07, 6.45) is 5.91. The predicted octanol–water partition coefficient (Wildman–Crippen LogP) is 7.34. The first-order valence-corrected chi connectivity index (χ1v) is 14.8. The number of hydrogen-bond donors (Lipinski definition) is 1. The molecular formula is C36H37NO4. The highest BCUT2D eigenvalue weighted by Crippen LogP contribution is 2.59. The van der Waals surface area contributed by atoms with Gasteiger partial charge in [-0.25, -0.2) is 0 Å². The molecule has 7 rings (SSSR count). The van der Waals surface area contributed by atoms with E-state index >= 15 is 0 Å². The number of piperidine rings is 1. The zero-order valence-corrected chi connectivity index (χ0v) is 24.1. The Labute approximate surface area is 242 Å². The van der Waals surface area contributed by atoms with Crippen molar-refractivity contribution in [2.75, 3.05) is 44.9 Å². The number of anilines is 1. The van der Waals surface area contributed by atoms with Crippen molar-refractivity contribution in [3.8, 4) is 28.4 Å². The molecule has 4 aromatic rings. The van der Waals surface area contributed by atoms with Gasteiger partial charge >= 0.3 is 0 Å². The highest BCUT2D eigenvalue weighted by molar-refractivity contribution is 6.12. The summed E-state index contributed by atoms with van der Waals surface area (Å²) >= 11 is 0. The molecule has 1 aliphatic carbocycles. The van der Waals surface area contributed by atoms with Crippen molar-refractivity contribution >= 4 is 22.0 Å². The third-order valence-electron chi connectivity index (χ3n) is 9.06. The molecule has 0 saturated carbocycles. The maximum absolute atomic E-state index is 9.16. The lowest BCUT2D eigenvalue weighted by molar-refractivity contribution is 0.201. The SMILES string of the molecule is COc1cc2c3c(c4c(c2cc1N1CCCCC1)-c1ccccc1C4(C)C)C(c1ccc(OCCO)cc1)=CCO3. The van der Waals surface area contributed by atoms with Gasteiger partial charge in [-0.3, -0.25) is 0 Å². The van der Waals surface area contributed by atoms with E-state index in [0.717, 1.165) is 46.9 Å². The van der Waals surface area contributed by atoms with Gasteiger partial charge in [0.25, 0.3) is 0 Å². The topological polar surface area (TPSA) is 51.2 Å². The number of ether oxygens (including phenoxy) is 3. The van der Waals surface area contributed by atoms with E-state index in [-0.39, 0.29) is 18.6 Å². The molecule has 0 aromatic heterocycles. The van der Waals surface area contributed by atoms with Gasteiger partial charge in [-0.05, 0) is 88.4 Å². The number of rotatable bonds is 6. The molecule has 4 aromatic carbocycles. The van der Waals surface area contributed by atoms with Gasteiger partial charge < -0.3 is 24.2 Å². The second-order valence-corrected chi connectivity index (χ2v) is 11.8. The smallest absolute Gasteiger partial charge is 0.142 e. The summed E-state index contributed by atoms with van der Waals surface area (Å²) in [4.78, 5) is 2.49. The van der Waals surface area contributed by atoms with Crippen molar-refractivity contribution in [3.05, 3.63) is 89.0 Å². The predicted molar refractivity (Wildman–Crippen MR) is 166 cm³/mol. The van der Waals surface area contributed by atoms with Crippen LogP contribution in [0.15, 0.2) is 66.7 Å². The van der Waals surface area contributed by atoms with Gasteiger partial charge in [-0.2, -0.15) is 0 Å². The first-order chi connectivity index (χ1) is 20.0. The fraction of sp³-hybridized carbons (Fsp3) is 0.333. The van der Waals surface area contributed by atoms with Gasteiger partial charge in [0.1, 0.15) is 30.5 Å². The molecule has 1 fully saturated rings. The highest BCUT2D eigenvalue weighted by Gasteiger charge is 2.42. The first kappa shape index (κ1) is 26.0. The molecule has 2 heterocycles. The van der Waals surface area contributed by atoms with Crippen molar-refractivity contribution in [2.24, 2.45) is 0 Å². The molecular weight excluding hydrogens is 510 g/mol. The molecule has 210 valence electrons. The molecule has 0 radical (unpaired) electrons. The van der Waals surface area contributed by atoms with Crippen LogP contribution in [0.2, 0.25) is 0 Å². The van der Waals surface area contributed by atoms with Crippen molar-refractivity contribution in [3.63, 3.8) is 0 Å². The van der Waals surface area contributed by atoms with E-state index in [0.29, 0.717) is 6.61 Å². The van der Waals surface area contributed by atoms with Crippen molar-refractivity contribution < 1.29 is 19.3 Å². The molecule has 2 aliphatic heterocycles. The van der Waals surface area contributed by atoms with Crippen LogP contribution in [0.4, 0.5) is 5.69 Å². The number of aliphatic hydroxyl groups excluding tert-OH is 1. The van der Waals surface area contributed by atoms with Gasteiger partial charge in [0, 0.05) is 29.5 Å². The van der Waals surface area contributed by atoms with Crippen LogP contribution in [-0.2, 0) is 5.41 Å². The highest BCUT2D eigenvalue weighted by atomic mass is 16.5. The van der Waals surface area contributed by atoms with Crippen LogP contribution in [0.5, 0.6) is 17.2 Å². The largest absolute Gasteiger partial charge is 0.495 e. The molecule has 3 aliphatic rings. The summed E-state index contributed by atoms with van der Waals surface area (Å²) in [7, 11) is 1.78. The van der Waals surface area contributed by atoms with Gasteiger partial charge in [0.15, 0.2) is 0 Å². The van der Waals surface area contributed by atoms with Gasteiger partial charge in [-0.15, -0.1) is 0 Å². The second-order valence-electron chi connectivity index (χ2n) is 11.8. The van der Waals surface area contributed by atoms with Crippen LogP contribution in [0, 0.1) is 0 Å². The number of benzene rings is 4. The minimum Gasteiger partial charge on any atom is -0.495 e. The Balaban J connectivity index is 1.51. The van der Waals surface area contributed by atoms with Gasteiger partial charge in [-0.1, -0.05) is 50.2 Å². The van der Waals surface area contributed by atoms with Crippen LogP contribution in [0.25, 0.3) is 27.5 Å². The number of fused-ring (bicyclic) bond motifs is 8. The van der Waals surface area contributed by atoms with E-state index in [1.165, 1.54) is 58.2 Å². The Morgan fingerprint density at radius 1 is 0.927 bits per heavy atom. The Hall–Kier alpha value is -3.96. The van der Waals surface area contributed by atoms with E-state index in [4.69, 9.17) is 19.3 Å². The zero-order valence-electron chi connectivity index (χ0n) is 24.1. The molecule has 0 unspecified atom stereocenters. The van der Waals surface area contributed by atoms with Crippen LogP contribution >= 0.6 is 0 Å². The fourth-order valence-corrected chi connectivity index (χ4v) is 7.18. The summed E-state index contributed by atoms with van der Waals surface area (Å²) in [5, 5.41) is 11.5. The van der Waals surface area contributed by atoms with E-state index in [9.17, 15) is 0 Å². The summed E-state index contributed by atoms with van der Waals surface area (Å²) in [6.45, 7) is 7.58. The average Bonchev–Trinajstić information content (AvgIpc) is 3.26. The van der Waals surface area contributed by atoms with Crippen molar-refractivity contribution in [2.45, 2.75) is 38.5 Å². The maximum atomic E-state index is 9.16. The normalized spacial score (nSPS) is 16.9. The standard InChI is InChI=1S/C36H37NO4/c1-36(2)29-10-6-5-9-26(29)32-27-21-30(37-16-7-4-8-17-37)31(39-3)22-28(27)35-33(34(32)36)25(15-19-41-35)23-11-13-24(14-12-23)40-20-18-38/h5-6,9-15,21-22,38H,4,7-8,16-20H2,1-3H3. The lowest BCUT2D eigenvalue weighted by Crippen LogP contribution is -2.29. The molecule has 0 atom stereocenters. The quantitative estimate of drug-likeness (QED) is 0.274. The Bertz CT molecular complexity index is 1660. The number of hydrogen-bond acceptors (Lipinski definition) is 5. The van der Waals surface area contributed by atoms with E-state index in [2.05, 4.69) is 73.4 Å². The first-order valence-electron chi connectivity index (χ1n) is 14.8. The minimum absolute atomic E-state index is 0.00456. The second kappa shape index (κ2) is 10.1. The summed E-state index contributed by atoms with van der Waals surface area (Å²) in [5.74, 6) is 2.58. The number of nitrogens with zero attached hydrogens (tertiary/aromatic N) is 1. The van der Waals surface area contributed by atoms with Crippen molar-refractivity contribution in [1.82, 2.24) is 0 Å². The molecule has 0 amide bonds. The lowest BCUT2D eigenvalue weighted by atomic mass is 9.76. The van der Waals surface area contributed by atoms with Crippen LogP contribution in [0.1, 0.15) is 55.4 Å². The average molecular weight is 548 g/mol. The molecule has 1 N–H and O–H groups in total. The molecule has 1 saturated heterocycles. The van der Waals surface area contributed by atoms with Crippen LogP contribution in [0.3, 0.4) is 0 Å². The molecule has 5 heteroatoms. The van der Waals surface area contributed by atoms with E-state index in [1.54, 1.807) is 7.11 Å². The molecule has 0 spiro atoms. The van der Waals surface area contributed by atoms with Gasteiger partial charge in [0.05, 0.1) is 19.4 Å². The van der Waals surface area contributed by atoms with Crippen molar-refractivity contribution in [1.29, 1.82) is 0 Å². The monoisotopic (exact) mass is 547 g/mol. The Morgan fingerprint density at radius 3 is 2.46 bits per heavy atom. The fourth-order valence-electron chi connectivity index (χ4n) is 7.18. The summed E-state index contributed by atoms with van der Waals surface area (Å²) in [5.41, 5.74) is 9.70. The lowest BCUT2D eigenvalue weighted by Gasteiger charge is -2.32. The van der Waals surface area contributed by atoms with Gasteiger partial charge in [0.2, 0.25) is 0 Å². The number of aliphatic hydroxyl groups is 1. The Kier molecular flexibility index (Phi) is 6.43. The van der Waals surface area contributed by atoms with E-state index in [1.807, 2.05) is 12.1 Å². The Morgan fingerprint density at radius 2 is 1.71 bits per heavy atom. The van der Waals surface area contributed by atoms with Crippen LogP contribution in [-0.4, -0.2) is 45.1 Å². The summed E-state index contributed by atoms with van der Waals surface area (Å²) in [6, 6.07) is 21.6. The molecule has 0 bridgehead atoms. The zero-order chi connectivity index (χ0) is 28.1. The maximum Gasteiger partial charge on any atom is 0.142 e.